The van der Waals surface area contributed by atoms with E-state index in [4.69, 9.17) is 0 Å². The number of carboxylic acid groups (broad SMARTS) is 1. The Hall–Kier alpha value is -3.15. The molecule has 1 heterocycles. The number of rotatable bonds is 8. The molecule has 6 nitrogen and oxygen atoms in total. The van der Waals surface area contributed by atoms with E-state index in [1.807, 2.05) is 30.3 Å². The van der Waals surface area contributed by atoms with E-state index in [-0.39, 0.29) is 16.7 Å². The monoisotopic (exact) mass is 421 g/mol. The molecule has 0 bridgehead atoms. The molecular formula is C25H31N3O3. The van der Waals surface area contributed by atoms with Gasteiger partial charge in [-0.25, -0.2) is 14.3 Å². The van der Waals surface area contributed by atoms with Gasteiger partial charge >= 0.3 is 11.7 Å². The fraction of sp³-hybridized carbons (Fsp3) is 0.400. The van der Waals surface area contributed by atoms with Crippen LogP contribution in [0.2, 0.25) is 0 Å². The van der Waals surface area contributed by atoms with E-state index in [1.165, 1.54) is 0 Å². The van der Waals surface area contributed by atoms with Crippen LogP contribution in [0.25, 0.3) is 11.1 Å². The number of aromatic carboxylic acids is 1. The lowest BCUT2D eigenvalue weighted by Gasteiger charge is -2.18. The second-order valence-electron chi connectivity index (χ2n) is 8.92. The lowest BCUT2D eigenvalue weighted by Crippen LogP contribution is -2.28. The van der Waals surface area contributed by atoms with Crippen molar-refractivity contribution in [3.05, 3.63) is 76.0 Å². The number of aromatic nitrogens is 3. The number of unbranched alkanes of at least 4 members (excludes halogenated alkanes) is 2. The molecule has 0 saturated heterocycles. The Morgan fingerprint density at radius 3 is 2.32 bits per heavy atom. The minimum absolute atomic E-state index is 0.0821. The highest BCUT2D eigenvalue weighted by Crippen LogP contribution is 2.25. The Balaban J connectivity index is 1.91. The van der Waals surface area contributed by atoms with Gasteiger partial charge in [-0.3, -0.25) is 4.57 Å². The van der Waals surface area contributed by atoms with Gasteiger partial charge < -0.3 is 5.11 Å². The van der Waals surface area contributed by atoms with Crippen LogP contribution in [-0.4, -0.2) is 25.4 Å². The SMILES string of the molecule is CCCCCn1nc(C(C)(C)C)n(Cc2ccc(-c3ccccc3C(=O)O)cc2)c1=O. The third-order valence-electron chi connectivity index (χ3n) is 5.33. The van der Waals surface area contributed by atoms with E-state index in [9.17, 15) is 14.7 Å². The molecule has 0 spiro atoms. The van der Waals surface area contributed by atoms with E-state index in [2.05, 4.69) is 32.8 Å². The van der Waals surface area contributed by atoms with Gasteiger partial charge in [0.15, 0.2) is 0 Å². The summed E-state index contributed by atoms with van der Waals surface area (Å²) in [5.41, 5.74) is 2.42. The number of carbonyl (C=O) groups is 1. The summed E-state index contributed by atoms with van der Waals surface area (Å²) in [6, 6.07) is 14.7. The molecule has 0 aliphatic heterocycles. The first-order chi connectivity index (χ1) is 14.7. The molecule has 0 saturated carbocycles. The Morgan fingerprint density at radius 1 is 1.03 bits per heavy atom. The summed E-state index contributed by atoms with van der Waals surface area (Å²) in [6.07, 6.45) is 3.11. The zero-order valence-corrected chi connectivity index (χ0v) is 18.8. The normalized spacial score (nSPS) is 11.6. The molecule has 0 aliphatic rings. The smallest absolute Gasteiger partial charge is 0.346 e. The topological polar surface area (TPSA) is 77.1 Å². The Morgan fingerprint density at radius 2 is 1.71 bits per heavy atom. The van der Waals surface area contributed by atoms with Gasteiger partial charge in [0.25, 0.3) is 0 Å². The van der Waals surface area contributed by atoms with Crippen molar-refractivity contribution in [3.63, 3.8) is 0 Å². The van der Waals surface area contributed by atoms with Gasteiger partial charge in [-0.15, -0.1) is 0 Å². The molecule has 3 rings (SSSR count). The van der Waals surface area contributed by atoms with Crippen molar-refractivity contribution in [2.24, 2.45) is 0 Å². The third-order valence-corrected chi connectivity index (χ3v) is 5.33. The largest absolute Gasteiger partial charge is 0.478 e. The molecule has 0 radical (unpaired) electrons. The van der Waals surface area contributed by atoms with E-state index in [0.29, 0.717) is 18.7 Å². The van der Waals surface area contributed by atoms with Gasteiger partial charge in [-0.2, -0.15) is 5.10 Å². The van der Waals surface area contributed by atoms with Gasteiger partial charge in [-0.1, -0.05) is 83.0 Å². The van der Waals surface area contributed by atoms with E-state index in [0.717, 1.165) is 36.2 Å². The van der Waals surface area contributed by atoms with Gasteiger partial charge in [-0.05, 0) is 29.2 Å². The number of hydrogen-bond acceptors (Lipinski definition) is 3. The van der Waals surface area contributed by atoms with Gasteiger partial charge in [0.1, 0.15) is 5.82 Å². The zero-order chi connectivity index (χ0) is 22.6. The van der Waals surface area contributed by atoms with E-state index in [1.54, 1.807) is 27.4 Å². The molecule has 1 aromatic heterocycles. The molecule has 6 heteroatoms. The number of aryl methyl sites for hydroxylation is 1. The second-order valence-corrected chi connectivity index (χ2v) is 8.92. The predicted octanol–water partition coefficient (Wildman–Crippen LogP) is 4.95. The highest BCUT2D eigenvalue weighted by molar-refractivity contribution is 5.95. The summed E-state index contributed by atoms with van der Waals surface area (Å²) in [4.78, 5) is 24.6. The van der Waals surface area contributed by atoms with Crippen LogP contribution in [0.15, 0.2) is 53.3 Å². The lowest BCUT2D eigenvalue weighted by molar-refractivity contribution is 0.0697. The van der Waals surface area contributed by atoms with Crippen molar-refractivity contribution >= 4 is 5.97 Å². The van der Waals surface area contributed by atoms with Gasteiger partial charge in [0.2, 0.25) is 0 Å². The Kier molecular flexibility index (Phi) is 6.78. The van der Waals surface area contributed by atoms with Crippen LogP contribution in [0.1, 0.15) is 68.7 Å². The van der Waals surface area contributed by atoms with Crippen LogP contribution in [-0.2, 0) is 18.5 Å². The van der Waals surface area contributed by atoms with Gasteiger partial charge in [0.05, 0.1) is 12.1 Å². The fourth-order valence-electron chi connectivity index (χ4n) is 3.69. The predicted molar refractivity (Wildman–Crippen MR) is 123 cm³/mol. The minimum Gasteiger partial charge on any atom is -0.478 e. The molecule has 0 fully saturated rings. The summed E-state index contributed by atoms with van der Waals surface area (Å²) in [5, 5.41) is 14.1. The van der Waals surface area contributed by atoms with Crippen LogP contribution >= 0.6 is 0 Å². The number of carboxylic acids is 1. The average Bonchev–Trinajstić information content (AvgIpc) is 3.05. The molecular weight excluding hydrogens is 390 g/mol. The van der Waals surface area contributed by atoms with Crippen molar-refractivity contribution in [1.82, 2.24) is 14.3 Å². The first-order valence-corrected chi connectivity index (χ1v) is 10.8. The standard InChI is InChI=1S/C25H31N3O3/c1-5-6-9-16-28-24(31)27(23(26-28)25(2,3)4)17-18-12-14-19(15-13-18)20-10-7-8-11-21(20)22(29)30/h7-8,10-15H,5-6,9,16-17H2,1-4H3,(H,29,30). The molecule has 0 atom stereocenters. The third kappa shape index (κ3) is 5.13. The van der Waals surface area contributed by atoms with Crippen molar-refractivity contribution in [2.45, 2.75) is 65.5 Å². The van der Waals surface area contributed by atoms with Crippen LogP contribution in [0, 0.1) is 0 Å². The van der Waals surface area contributed by atoms with Crippen molar-refractivity contribution in [2.75, 3.05) is 0 Å². The molecule has 2 aromatic carbocycles. The highest BCUT2D eigenvalue weighted by Gasteiger charge is 2.24. The maximum atomic E-state index is 13.0. The molecule has 0 amide bonds. The molecule has 31 heavy (non-hydrogen) atoms. The fourth-order valence-corrected chi connectivity index (χ4v) is 3.69. The Bertz CT molecular complexity index is 1100. The minimum atomic E-state index is -0.948. The first kappa shape index (κ1) is 22.5. The quantitative estimate of drug-likeness (QED) is 0.522. The molecule has 0 unspecified atom stereocenters. The van der Waals surface area contributed by atoms with Gasteiger partial charge in [0, 0.05) is 12.0 Å². The summed E-state index contributed by atoms with van der Waals surface area (Å²) < 4.78 is 3.35. The molecule has 3 aromatic rings. The van der Waals surface area contributed by atoms with Crippen molar-refractivity contribution < 1.29 is 9.90 Å². The number of nitrogens with zero attached hydrogens (tertiary/aromatic N) is 3. The molecule has 164 valence electrons. The number of benzene rings is 2. The highest BCUT2D eigenvalue weighted by atomic mass is 16.4. The van der Waals surface area contributed by atoms with Crippen LogP contribution in [0.5, 0.6) is 0 Å². The summed E-state index contributed by atoms with van der Waals surface area (Å²) >= 11 is 0. The van der Waals surface area contributed by atoms with E-state index >= 15 is 0 Å². The summed E-state index contributed by atoms with van der Waals surface area (Å²) in [6.45, 7) is 9.39. The second kappa shape index (κ2) is 9.33. The Labute approximate surface area is 183 Å². The first-order valence-electron chi connectivity index (χ1n) is 10.8. The lowest BCUT2D eigenvalue weighted by atomic mass is 9.95. The van der Waals surface area contributed by atoms with Crippen LogP contribution in [0.4, 0.5) is 0 Å². The average molecular weight is 422 g/mol. The van der Waals surface area contributed by atoms with Crippen LogP contribution < -0.4 is 5.69 Å². The van der Waals surface area contributed by atoms with Crippen LogP contribution in [0.3, 0.4) is 0 Å². The maximum absolute atomic E-state index is 13.0. The van der Waals surface area contributed by atoms with Crippen molar-refractivity contribution in [3.8, 4) is 11.1 Å². The zero-order valence-electron chi connectivity index (χ0n) is 18.8. The van der Waals surface area contributed by atoms with Crippen molar-refractivity contribution in [1.29, 1.82) is 0 Å². The maximum Gasteiger partial charge on any atom is 0.346 e. The summed E-state index contributed by atoms with van der Waals surface area (Å²) in [7, 11) is 0. The number of hydrogen-bond donors (Lipinski definition) is 1. The molecule has 1 N–H and O–H groups in total. The summed E-state index contributed by atoms with van der Waals surface area (Å²) in [5.74, 6) is -0.175. The van der Waals surface area contributed by atoms with E-state index < -0.39 is 5.97 Å². The molecule has 0 aliphatic carbocycles.